The minimum atomic E-state index is -2.76. The van der Waals surface area contributed by atoms with E-state index in [1.807, 2.05) is 0 Å². The van der Waals surface area contributed by atoms with Crippen LogP contribution in [0, 0.1) is 20.8 Å². The molecule has 0 amide bonds. The van der Waals surface area contributed by atoms with Gasteiger partial charge in [0.05, 0.1) is 11.5 Å². The quantitative estimate of drug-likeness (QED) is 0.924. The van der Waals surface area contributed by atoms with Crippen LogP contribution in [0.5, 0.6) is 0 Å². The minimum absolute atomic E-state index is 0.330. The lowest BCUT2D eigenvalue weighted by Crippen LogP contribution is -2.37. The van der Waals surface area contributed by atoms with E-state index in [-0.39, 0.29) is 0 Å². The van der Waals surface area contributed by atoms with E-state index in [1.54, 1.807) is 0 Å². The number of hydrogen-bond acceptors (Lipinski definition) is 3. The Labute approximate surface area is 116 Å². The molecule has 1 aliphatic rings. The maximum atomic E-state index is 11.4. The zero-order valence-corrected chi connectivity index (χ0v) is 12.8. The summed E-state index contributed by atoms with van der Waals surface area (Å²) in [5, 5.41) is 3.51. The Bertz CT molecular complexity index is 527. The van der Waals surface area contributed by atoms with E-state index in [0.717, 1.165) is 19.4 Å². The number of sulfone groups is 1. The summed E-state index contributed by atoms with van der Waals surface area (Å²) in [5.41, 5.74) is 5.27. The van der Waals surface area contributed by atoms with Gasteiger partial charge in [0.1, 0.15) is 9.84 Å². The summed E-state index contributed by atoms with van der Waals surface area (Å²) in [4.78, 5) is 0. The lowest BCUT2D eigenvalue weighted by Gasteiger charge is -2.24. The van der Waals surface area contributed by atoms with Gasteiger partial charge in [0.25, 0.3) is 0 Å². The first-order valence-electron chi connectivity index (χ1n) is 6.88. The third-order valence-electron chi connectivity index (χ3n) is 3.96. The highest BCUT2D eigenvalue weighted by atomic mass is 32.2. The molecule has 0 spiro atoms. The Morgan fingerprint density at radius 3 is 2.16 bits per heavy atom. The third kappa shape index (κ3) is 3.80. The standard InChI is InChI=1S/C15H23NO2S/c1-11-8-12(2)15(13(3)9-11)10-16-14-4-6-19(17,18)7-5-14/h8-9,14,16H,4-7,10H2,1-3H3. The van der Waals surface area contributed by atoms with Gasteiger partial charge in [-0.25, -0.2) is 8.42 Å². The molecule has 1 heterocycles. The first-order chi connectivity index (χ1) is 8.87. The molecule has 4 heteroatoms. The highest BCUT2D eigenvalue weighted by Crippen LogP contribution is 2.18. The van der Waals surface area contributed by atoms with Gasteiger partial charge in [0.2, 0.25) is 0 Å². The van der Waals surface area contributed by atoms with Crippen molar-refractivity contribution < 1.29 is 8.42 Å². The molecular weight excluding hydrogens is 258 g/mol. The Hall–Kier alpha value is -0.870. The van der Waals surface area contributed by atoms with Gasteiger partial charge in [-0.05, 0) is 50.3 Å². The molecule has 0 aromatic heterocycles. The molecule has 0 unspecified atom stereocenters. The normalized spacial score (nSPS) is 19.5. The molecule has 1 N–H and O–H groups in total. The largest absolute Gasteiger partial charge is 0.310 e. The van der Waals surface area contributed by atoms with Crippen LogP contribution in [0.1, 0.15) is 35.1 Å². The average Bonchev–Trinajstić information content (AvgIpc) is 2.29. The fourth-order valence-corrected chi connectivity index (χ4v) is 4.32. The SMILES string of the molecule is Cc1cc(C)c(CNC2CCS(=O)(=O)CC2)c(C)c1. The van der Waals surface area contributed by atoms with Gasteiger partial charge in [-0.3, -0.25) is 0 Å². The fraction of sp³-hybridized carbons (Fsp3) is 0.600. The van der Waals surface area contributed by atoms with Gasteiger partial charge in [-0.2, -0.15) is 0 Å². The highest BCUT2D eigenvalue weighted by molar-refractivity contribution is 7.91. The lowest BCUT2D eigenvalue weighted by atomic mass is 9.99. The second-order valence-electron chi connectivity index (χ2n) is 5.68. The van der Waals surface area contributed by atoms with Crippen LogP contribution in [-0.4, -0.2) is 26.0 Å². The van der Waals surface area contributed by atoms with Crippen molar-refractivity contribution >= 4 is 9.84 Å². The number of hydrogen-bond donors (Lipinski definition) is 1. The van der Waals surface area contributed by atoms with Crippen LogP contribution in [-0.2, 0) is 16.4 Å². The topological polar surface area (TPSA) is 46.2 Å². The van der Waals surface area contributed by atoms with E-state index in [1.165, 1.54) is 22.3 Å². The summed E-state index contributed by atoms with van der Waals surface area (Å²) in [5.74, 6) is 0.660. The van der Waals surface area contributed by atoms with E-state index in [0.29, 0.717) is 17.5 Å². The van der Waals surface area contributed by atoms with E-state index >= 15 is 0 Å². The first kappa shape index (κ1) is 14.5. The van der Waals surface area contributed by atoms with Crippen LogP contribution < -0.4 is 5.32 Å². The molecule has 1 fully saturated rings. The number of benzene rings is 1. The molecule has 1 aromatic rings. The Morgan fingerprint density at radius 1 is 1.11 bits per heavy atom. The summed E-state index contributed by atoms with van der Waals surface area (Å²) in [6, 6.07) is 4.74. The summed E-state index contributed by atoms with van der Waals surface area (Å²) in [6.45, 7) is 7.23. The van der Waals surface area contributed by atoms with Crippen molar-refractivity contribution in [1.82, 2.24) is 5.32 Å². The predicted octanol–water partition coefficient (Wildman–Crippen LogP) is 2.28. The first-order valence-corrected chi connectivity index (χ1v) is 8.70. The van der Waals surface area contributed by atoms with Crippen LogP contribution in [0.2, 0.25) is 0 Å². The maximum Gasteiger partial charge on any atom is 0.150 e. The molecule has 0 saturated carbocycles. The van der Waals surface area contributed by atoms with E-state index in [4.69, 9.17) is 0 Å². The molecule has 0 radical (unpaired) electrons. The second kappa shape index (κ2) is 5.63. The molecule has 0 aliphatic carbocycles. The van der Waals surface area contributed by atoms with Gasteiger partial charge < -0.3 is 5.32 Å². The van der Waals surface area contributed by atoms with E-state index in [9.17, 15) is 8.42 Å². The Kier molecular flexibility index (Phi) is 4.31. The zero-order chi connectivity index (χ0) is 14.0. The molecule has 0 bridgehead atoms. The van der Waals surface area contributed by atoms with Crippen molar-refractivity contribution in [2.75, 3.05) is 11.5 Å². The van der Waals surface area contributed by atoms with E-state index < -0.39 is 9.84 Å². The lowest BCUT2D eigenvalue weighted by molar-refractivity contribution is 0.462. The van der Waals surface area contributed by atoms with Crippen LogP contribution in [0.3, 0.4) is 0 Å². The van der Waals surface area contributed by atoms with Gasteiger partial charge >= 0.3 is 0 Å². The third-order valence-corrected chi connectivity index (χ3v) is 5.68. The van der Waals surface area contributed by atoms with Crippen LogP contribution in [0.15, 0.2) is 12.1 Å². The van der Waals surface area contributed by atoms with Crippen molar-refractivity contribution in [2.24, 2.45) is 0 Å². The van der Waals surface area contributed by atoms with Gasteiger partial charge in [0, 0.05) is 12.6 Å². The van der Waals surface area contributed by atoms with Crippen molar-refractivity contribution in [2.45, 2.75) is 46.2 Å². The molecule has 2 rings (SSSR count). The zero-order valence-electron chi connectivity index (χ0n) is 12.0. The molecule has 19 heavy (non-hydrogen) atoms. The van der Waals surface area contributed by atoms with E-state index in [2.05, 4.69) is 38.2 Å². The molecule has 0 atom stereocenters. The summed E-state index contributed by atoms with van der Waals surface area (Å²) in [6.07, 6.45) is 1.48. The van der Waals surface area contributed by atoms with Crippen molar-refractivity contribution in [3.8, 4) is 0 Å². The predicted molar refractivity (Wildman–Crippen MR) is 79.2 cm³/mol. The van der Waals surface area contributed by atoms with Crippen LogP contribution in [0.25, 0.3) is 0 Å². The van der Waals surface area contributed by atoms with Gasteiger partial charge in [-0.1, -0.05) is 17.7 Å². The van der Waals surface area contributed by atoms with Crippen molar-refractivity contribution in [3.63, 3.8) is 0 Å². The summed E-state index contributed by atoms with van der Waals surface area (Å²) in [7, 11) is -2.76. The summed E-state index contributed by atoms with van der Waals surface area (Å²) < 4.78 is 22.8. The monoisotopic (exact) mass is 281 g/mol. The smallest absolute Gasteiger partial charge is 0.150 e. The molecule has 3 nitrogen and oxygen atoms in total. The Balaban J connectivity index is 1.97. The number of nitrogens with one attached hydrogen (secondary N) is 1. The number of rotatable bonds is 3. The average molecular weight is 281 g/mol. The number of aryl methyl sites for hydroxylation is 3. The van der Waals surface area contributed by atoms with Gasteiger partial charge in [0.15, 0.2) is 0 Å². The van der Waals surface area contributed by atoms with Crippen LogP contribution in [0.4, 0.5) is 0 Å². The van der Waals surface area contributed by atoms with Crippen LogP contribution >= 0.6 is 0 Å². The fourth-order valence-electron chi connectivity index (χ4n) is 2.83. The minimum Gasteiger partial charge on any atom is -0.310 e. The molecule has 1 aliphatic heterocycles. The Morgan fingerprint density at radius 2 is 1.63 bits per heavy atom. The van der Waals surface area contributed by atoms with Crippen molar-refractivity contribution in [3.05, 3.63) is 34.4 Å². The molecule has 1 aromatic carbocycles. The van der Waals surface area contributed by atoms with Gasteiger partial charge in [-0.15, -0.1) is 0 Å². The molecule has 1 saturated heterocycles. The van der Waals surface area contributed by atoms with Crippen molar-refractivity contribution in [1.29, 1.82) is 0 Å². The summed E-state index contributed by atoms with van der Waals surface area (Å²) >= 11 is 0. The molecule has 106 valence electrons. The maximum absolute atomic E-state index is 11.4. The highest BCUT2D eigenvalue weighted by Gasteiger charge is 2.23. The second-order valence-corrected chi connectivity index (χ2v) is 7.99. The molecular formula is C15H23NO2S.